The Morgan fingerprint density at radius 3 is 2.12 bits per heavy atom. The van der Waals surface area contributed by atoms with Crippen LogP contribution < -0.4 is 19.9 Å². The number of hydrogen-bond acceptors (Lipinski definition) is 4. The SMILES string of the molecule is COc1cccc(Oc2ccc(OCc3ccccc3)cc2)c1N. The van der Waals surface area contributed by atoms with Crippen molar-refractivity contribution in [2.45, 2.75) is 6.61 Å². The summed E-state index contributed by atoms with van der Waals surface area (Å²) < 4.78 is 16.8. The van der Waals surface area contributed by atoms with Gasteiger partial charge in [-0.15, -0.1) is 0 Å². The first kappa shape index (κ1) is 15.7. The average molecular weight is 321 g/mol. The molecule has 0 aliphatic rings. The molecule has 0 aromatic heterocycles. The van der Waals surface area contributed by atoms with Crippen LogP contribution in [0.4, 0.5) is 5.69 Å². The number of rotatable bonds is 6. The Balaban J connectivity index is 1.64. The second-order valence-corrected chi connectivity index (χ2v) is 5.22. The van der Waals surface area contributed by atoms with Crippen molar-refractivity contribution in [3.05, 3.63) is 78.4 Å². The zero-order valence-corrected chi connectivity index (χ0v) is 13.4. The second kappa shape index (κ2) is 7.42. The molecule has 0 amide bonds. The molecule has 0 saturated heterocycles. The summed E-state index contributed by atoms with van der Waals surface area (Å²) in [6.07, 6.45) is 0. The van der Waals surface area contributed by atoms with Crippen molar-refractivity contribution in [2.75, 3.05) is 12.8 Å². The summed E-state index contributed by atoms with van der Waals surface area (Å²) in [7, 11) is 1.58. The lowest BCUT2D eigenvalue weighted by Crippen LogP contribution is -1.96. The molecule has 3 aromatic carbocycles. The molecule has 0 aliphatic carbocycles. The van der Waals surface area contributed by atoms with Gasteiger partial charge < -0.3 is 19.9 Å². The van der Waals surface area contributed by atoms with Crippen LogP contribution in [0, 0.1) is 0 Å². The second-order valence-electron chi connectivity index (χ2n) is 5.22. The van der Waals surface area contributed by atoms with E-state index in [9.17, 15) is 0 Å². The molecule has 0 heterocycles. The van der Waals surface area contributed by atoms with Crippen LogP contribution >= 0.6 is 0 Å². The normalized spacial score (nSPS) is 10.2. The molecule has 2 N–H and O–H groups in total. The Hall–Kier alpha value is -3.14. The smallest absolute Gasteiger partial charge is 0.154 e. The van der Waals surface area contributed by atoms with Crippen molar-refractivity contribution in [1.29, 1.82) is 0 Å². The number of anilines is 1. The lowest BCUT2D eigenvalue weighted by Gasteiger charge is -2.12. The lowest BCUT2D eigenvalue weighted by molar-refractivity contribution is 0.306. The van der Waals surface area contributed by atoms with Crippen LogP contribution in [0.3, 0.4) is 0 Å². The molecule has 24 heavy (non-hydrogen) atoms. The zero-order chi connectivity index (χ0) is 16.8. The summed E-state index contributed by atoms with van der Waals surface area (Å²) in [6.45, 7) is 0.532. The van der Waals surface area contributed by atoms with Crippen LogP contribution in [0.2, 0.25) is 0 Å². The number of nitrogen functional groups attached to an aromatic ring is 1. The van der Waals surface area contributed by atoms with Gasteiger partial charge in [0.15, 0.2) is 5.75 Å². The Bertz CT molecular complexity index is 786. The standard InChI is InChI=1S/C20H19NO3/c1-22-18-8-5-9-19(20(18)21)24-17-12-10-16(11-13-17)23-14-15-6-3-2-4-7-15/h2-13H,14,21H2,1H3. The van der Waals surface area contributed by atoms with Crippen molar-refractivity contribution in [3.63, 3.8) is 0 Å². The van der Waals surface area contributed by atoms with Crippen LogP contribution in [0.5, 0.6) is 23.0 Å². The average Bonchev–Trinajstić information content (AvgIpc) is 2.64. The predicted octanol–water partition coefficient (Wildman–Crippen LogP) is 4.65. The number of hydrogen-bond donors (Lipinski definition) is 1. The molecule has 4 heteroatoms. The minimum Gasteiger partial charge on any atom is -0.494 e. The van der Waals surface area contributed by atoms with Gasteiger partial charge in [-0.2, -0.15) is 0 Å². The third kappa shape index (κ3) is 3.79. The van der Waals surface area contributed by atoms with Crippen molar-refractivity contribution < 1.29 is 14.2 Å². The first-order valence-corrected chi connectivity index (χ1v) is 7.63. The molecule has 122 valence electrons. The molecule has 0 spiro atoms. The van der Waals surface area contributed by atoms with Crippen LogP contribution in [0.1, 0.15) is 5.56 Å². The molecular weight excluding hydrogens is 302 g/mol. The predicted molar refractivity (Wildman–Crippen MR) is 94.7 cm³/mol. The summed E-state index contributed by atoms with van der Waals surface area (Å²) >= 11 is 0. The Labute approximate surface area is 141 Å². The van der Waals surface area contributed by atoms with Gasteiger partial charge in [-0.25, -0.2) is 0 Å². The molecule has 0 saturated carbocycles. The van der Waals surface area contributed by atoms with E-state index in [0.29, 0.717) is 29.5 Å². The molecule has 0 aliphatic heterocycles. The van der Waals surface area contributed by atoms with Gasteiger partial charge in [-0.1, -0.05) is 36.4 Å². The van der Waals surface area contributed by atoms with Gasteiger partial charge >= 0.3 is 0 Å². The minimum absolute atomic E-state index is 0.476. The maximum atomic E-state index is 6.01. The van der Waals surface area contributed by atoms with E-state index in [4.69, 9.17) is 19.9 Å². The van der Waals surface area contributed by atoms with Gasteiger partial charge in [0.2, 0.25) is 0 Å². The largest absolute Gasteiger partial charge is 0.494 e. The van der Waals surface area contributed by atoms with E-state index in [0.717, 1.165) is 11.3 Å². The van der Waals surface area contributed by atoms with Crippen LogP contribution in [0.25, 0.3) is 0 Å². The molecule has 3 rings (SSSR count). The van der Waals surface area contributed by atoms with E-state index in [-0.39, 0.29) is 0 Å². The van der Waals surface area contributed by atoms with E-state index in [1.165, 1.54) is 0 Å². The quantitative estimate of drug-likeness (QED) is 0.672. The van der Waals surface area contributed by atoms with E-state index in [1.54, 1.807) is 19.2 Å². The van der Waals surface area contributed by atoms with Crippen molar-refractivity contribution >= 4 is 5.69 Å². The summed E-state index contributed by atoms with van der Waals surface area (Å²) in [5.41, 5.74) is 7.61. The van der Waals surface area contributed by atoms with Gasteiger partial charge in [0.05, 0.1) is 7.11 Å². The summed E-state index contributed by atoms with van der Waals surface area (Å²) in [6, 6.07) is 22.9. The van der Waals surface area contributed by atoms with Crippen LogP contribution in [-0.4, -0.2) is 7.11 Å². The summed E-state index contributed by atoms with van der Waals surface area (Å²) in [4.78, 5) is 0. The molecule has 3 aromatic rings. The van der Waals surface area contributed by atoms with Crippen molar-refractivity contribution in [3.8, 4) is 23.0 Å². The molecular formula is C20H19NO3. The Morgan fingerprint density at radius 2 is 1.42 bits per heavy atom. The molecule has 0 radical (unpaired) electrons. The maximum Gasteiger partial charge on any atom is 0.154 e. The highest BCUT2D eigenvalue weighted by Crippen LogP contribution is 2.34. The maximum absolute atomic E-state index is 6.01. The highest BCUT2D eigenvalue weighted by atomic mass is 16.5. The number of nitrogens with two attached hydrogens (primary N) is 1. The Morgan fingerprint density at radius 1 is 0.750 bits per heavy atom. The fraction of sp³-hybridized carbons (Fsp3) is 0.100. The van der Waals surface area contributed by atoms with Gasteiger partial charge in [-0.3, -0.25) is 0 Å². The lowest BCUT2D eigenvalue weighted by atomic mass is 10.2. The molecule has 0 unspecified atom stereocenters. The van der Waals surface area contributed by atoms with Gasteiger partial charge in [0, 0.05) is 0 Å². The number of para-hydroxylation sites is 1. The highest BCUT2D eigenvalue weighted by molar-refractivity contribution is 5.63. The monoisotopic (exact) mass is 321 g/mol. The van der Waals surface area contributed by atoms with Crippen molar-refractivity contribution in [2.24, 2.45) is 0 Å². The first-order chi connectivity index (χ1) is 11.8. The topological polar surface area (TPSA) is 53.7 Å². The highest BCUT2D eigenvalue weighted by Gasteiger charge is 2.07. The fourth-order valence-corrected chi connectivity index (χ4v) is 2.26. The summed E-state index contributed by atoms with van der Waals surface area (Å²) in [5, 5.41) is 0. The van der Waals surface area contributed by atoms with Gasteiger partial charge in [-0.05, 0) is 42.0 Å². The van der Waals surface area contributed by atoms with Crippen molar-refractivity contribution in [1.82, 2.24) is 0 Å². The van der Waals surface area contributed by atoms with E-state index >= 15 is 0 Å². The number of benzene rings is 3. The van der Waals surface area contributed by atoms with E-state index in [2.05, 4.69) is 0 Å². The first-order valence-electron chi connectivity index (χ1n) is 7.63. The van der Waals surface area contributed by atoms with E-state index in [1.807, 2.05) is 60.7 Å². The molecule has 0 fully saturated rings. The summed E-state index contributed by atoms with van der Waals surface area (Å²) in [5.74, 6) is 2.62. The van der Waals surface area contributed by atoms with Crippen LogP contribution in [-0.2, 0) is 6.61 Å². The van der Waals surface area contributed by atoms with Gasteiger partial charge in [0.25, 0.3) is 0 Å². The van der Waals surface area contributed by atoms with Gasteiger partial charge in [0.1, 0.15) is 29.5 Å². The third-order valence-electron chi connectivity index (χ3n) is 3.55. The zero-order valence-electron chi connectivity index (χ0n) is 13.4. The van der Waals surface area contributed by atoms with Crippen LogP contribution in [0.15, 0.2) is 72.8 Å². The minimum atomic E-state index is 0.476. The molecule has 0 atom stereocenters. The number of methoxy groups -OCH3 is 1. The number of ether oxygens (including phenoxy) is 3. The third-order valence-corrected chi connectivity index (χ3v) is 3.55. The fourth-order valence-electron chi connectivity index (χ4n) is 2.26. The van der Waals surface area contributed by atoms with E-state index < -0.39 is 0 Å². The molecule has 4 nitrogen and oxygen atoms in total. The Kier molecular flexibility index (Phi) is 4.87. The molecule has 0 bridgehead atoms.